The molecule has 112 valence electrons. The molecule has 0 aliphatic carbocycles. The van der Waals surface area contributed by atoms with Gasteiger partial charge in [0.25, 0.3) is 0 Å². The van der Waals surface area contributed by atoms with Gasteiger partial charge in [0.15, 0.2) is 0 Å². The first kappa shape index (κ1) is 15.2. The highest BCUT2D eigenvalue weighted by molar-refractivity contribution is 5.47. The van der Waals surface area contributed by atoms with Gasteiger partial charge in [0.2, 0.25) is 0 Å². The lowest BCUT2D eigenvalue weighted by Crippen LogP contribution is -2.42. The Morgan fingerprint density at radius 2 is 2.25 bits per heavy atom. The molecule has 20 heavy (non-hydrogen) atoms. The molecule has 1 aromatic heterocycles. The Labute approximate surface area is 120 Å². The van der Waals surface area contributed by atoms with Crippen molar-refractivity contribution >= 4 is 5.82 Å². The molecule has 1 fully saturated rings. The number of morpholine rings is 1. The van der Waals surface area contributed by atoms with E-state index in [-0.39, 0.29) is 17.5 Å². The minimum atomic E-state index is -0.291. The molecule has 4 nitrogen and oxygen atoms in total. The van der Waals surface area contributed by atoms with Crippen LogP contribution >= 0.6 is 0 Å². The van der Waals surface area contributed by atoms with Crippen LogP contribution in [0.1, 0.15) is 33.3 Å². The molecule has 0 saturated carbocycles. The molecule has 5 heteroatoms. The number of hydrogen-bond donors (Lipinski definition) is 1. The summed E-state index contributed by atoms with van der Waals surface area (Å²) in [5.74, 6) is 0.569. The highest BCUT2D eigenvalue weighted by atomic mass is 19.1. The summed E-state index contributed by atoms with van der Waals surface area (Å²) in [6, 6.07) is 1.57. The van der Waals surface area contributed by atoms with Crippen molar-refractivity contribution in [1.29, 1.82) is 0 Å². The Morgan fingerprint density at radius 3 is 2.90 bits per heavy atom. The number of aromatic nitrogens is 1. The molecule has 0 bridgehead atoms. The highest BCUT2D eigenvalue weighted by Crippen LogP contribution is 2.21. The Morgan fingerprint density at radius 1 is 1.50 bits per heavy atom. The standard InChI is InChI=1S/C15H24FN3O/c1-11-10-19(5-6-20-11)14-12(7-13(16)9-17-14)8-18-15(2,3)4/h7,9,11,18H,5-6,8,10H2,1-4H3. The number of nitrogens with one attached hydrogen (secondary N) is 1. The lowest BCUT2D eigenvalue weighted by atomic mass is 10.1. The predicted octanol–water partition coefficient (Wildman–Crippen LogP) is 2.33. The maximum Gasteiger partial charge on any atom is 0.141 e. The van der Waals surface area contributed by atoms with Crippen LogP contribution in [0, 0.1) is 5.82 Å². The fourth-order valence-corrected chi connectivity index (χ4v) is 2.26. The maximum absolute atomic E-state index is 13.5. The predicted molar refractivity (Wildman–Crippen MR) is 78.4 cm³/mol. The zero-order valence-electron chi connectivity index (χ0n) is 12.7. The van der Waals surface area contributed by atoms with Crippen LogP contribution in [0.2, 0.25) is 0 Å². The molecule has 0 amide bonds. The molecule has 1 N–H and O–H groups in total. The average Bonchev–Trinajstić information content (AvgIpc) is 2.35. The first-order valence-electron chi connectivity index (χ1n) is 7.11. The molecule has 0 spiro atoms. The van der Waals surface area contributed by atoms with Crippen LogP contribution < -0.4 is 10.2 Å². The molecule has 1 aromatic rings. The Bertz CT molecular complexity index is 459. The van der Waals surface area contributed by atoms with Gasteiger partial charge >= 0.3 is 0 Å². The van der Waals surface area contributed by atoms with E-state index in [0.717, 1.165) is 24.5 Å². The summed E-state index contributed by atoms with van der Waals surface area (Å²) >= 11 is 0. The zero-order valence-corrected chi connectivity index (χ0v) is 12.7. The van der Waals surface area contributed by atoms with Gasteiger partial charge in [-0.2, -0.15) is 0 Å². The molecule has 1 aliphatic rings. The van der Waals surface area contributed by atoms with Gasteiger partial charge in [-0.25, -0.2) is 9.37 Å². The number of halogens is 1. The largest absolute Gasteiger partial charge is 0.375 e. The van der Waals surface area contributed by atoms with E-state index in [1.165, 1.54) is 6.20 Å². The lowest BCUT2D eigenvalue weighted by Gasteiger charge is -2.33. The molecule has 2 heterocycles. The summed E-state index contributed by atoms with van der Waals surface area (Å²) in [5, 5.41) is 3.39. The number of rotatable bonds is 3. The topological polar surface area (TPSA) is 37.4 Å². The van der Waals surface area contributed by atoms with Crippen LogP contribution in [-0.2, 0) is 11.3 Å². The van der Waals surface area contributed by atoms with Gasteiger partial charge < -0.3 is 15.0 Å². The van der Waals surface area contributed by atoms with Crippen LogP contribution in [0.3, 0.4) is 0 Å². The van der Waals surface area contributed by atoms with Gasteiger partial charge in [0.1, 0.15) is 11.6 Å². The number of nitrogens with zero attached hydrogens (tertiary/aromatic N) is 2. The molecule has 1 atom stereocenters. The third-order valence-electron chi connectivity index (χ3n) is 3.26. The molecule has 0 radical (unpaired) electrons. The Kier molecular flexibility index (Phi) is 4.60. The third-order valence-corrected chi connectivity index (χ3v) is 3.26. The van der Waals surface area contributed by atoms with Crippen LogP contribution in [0.5, 0.6) is 0 Å². The number of pyridine rings is 1. The van der Waals surface area contributed by atoms with Gasteiger partial charge in [-0.3, -0.25) is 0 Å². The van der Waals surface area contributed by atoms with E-state index in [2.05, 4.69) is 36.0 Å². The molecule has 1 unspecified atom stereocenters. The van der Waals surface area contributed by atoms with Gasteiger partial charge in [0, 0.05) is 30.7 Å². The van der Waals surface area contributed by atoms with Crippen molar-refractivity contribution in [2.75, 3.05) is 24.6 Å². The second-order valence-electron chi connectivity index (χ2n) is 6.37. The van der Waals surface area contributed by atoms with Crippen molar-refractivity contribution < 1.29 is 9.13 Å². The summed E-state index contributed by atoms with van der Waals surface area (Å²) in [5.41, 5.74) is 0.885. The van der Waals surface area contributed by atoms with E-state index < -0.39 is 0 Å². The van der Waals surface area contributed by atoms with E-state index in [9.17, 15) is 4.39 Å². The Hall–Kier alpha value is -1.20. The van der Waals surface area contributed by atoms with Gasteiger partial charge in [-0.15, -0.1) is 0 Å². The van der Waals surface area contributed by atoms with Gasteiger partial charge in [-0.1, -0.05) is 0 Å². The summed E-state index contributed by atoms with van der Waals surface area (Å²) in [7, 11) is 0. The van der Waals surface area contributed by atoms with Crippen molar-refractivity contribution in [2.45, 2.75) is 45.9 Å². The number of anilines is 1. The van der Waals surface area contributed by atoms with E-state index in [0.29, 0.717) is 13.2 Å². The summed E-state index contributed by atoms with van der Waals surface area (Å²) in [4.78, 5) is 6.47. The smallest absolute Gasteiger partial charge is 0.141 e. The first-order chi connectivity index (χ1) is 9.35. The quantitative estimate of drug-likeness (QED) is 0.923. The van der Waals surface area contributed by atoms with Crippen molar-refractivity contribution in [1.82, 2.24) is 10.3 Å². The number of ether oxygens (including phenoxy) is 1. The summed E-state index contributed by atoms with van der Waals surface area (Å²) in [6.07, 6.45) is 1.47. The minimum Gasteiger partial charge on any atom is -0.375 e. The average molecular weight is 281 g/mol. The molecule has 2 rings (SSSR count). The lowest BCUT2D eigenvalue weighted by molar-refractivity contribution is 0.0528. The molecule has 0 aromatic carbocycles. The highest BCUT2D eigenvalue weighted by Gasteiger charge is 2.21. The molecular weight excluding hydrogens is 257 g/mol. The van der Waals surface area contributed by atoms with E-state index >= 15 is 0 Å². The second kappa shape index (κ2) is 6.06. The SMILES string of the molecule is CC1CN(c2ncc(F)cc2CNC(C)(C)C)CCO1. The van der Waals surface area contributed by atoms with Crippen LogP contribution in [0.15, 0.2) is 12.3 Å². The molecular formula is C15H24FN3O. The van der Waals surface area contributed by atoms with Crippen molar-refractivity contribution in [3.8, 4) is 0 Å². The fourth-order valence-electron chi connectivity index (χ4n) is 2.26. The van der Waals surface area contributed by atoms with E-state index in [1.54, 1.807) is 6.07 Å². The third kappa shape index (κ3) is 4.15. The monoisotopic (exact) mass is 281 g/mol. The summed E-state index contributed by atoms with van der Waals surface area (Å²) in [6.45, 7) is 11.2. The van der Waals surface area contributed by atoms with Crippen molar-refractivity contribution in [2.24, 2.45) is 0 Å². The zero-order chi connectivity index (χ0) is 14.8. The van der Waals surface area contributed by atoms with Crippen LogP contribution in [-0.4, -0.2) is 36.3 Å². The van der Waals surface area contributed by atoms with Crippen LogP contribution in [0.4, 0.5) is 10.2 Å². The van der Waals surface area contributed by atoms with E-state index in [4.69, 9.17) is 4.74 Å². The minimum absolute atomic E-state index is 0.0120. The van der Waals surface area contributed by atoms with Gasteiger partial charge in [-0.05, 0) is 33.8 Å². The summed E-state index contributed by atoms with van der Waals surface area (Å²) < 4.78 is 19.0. The Balaban J connectivity index is 2.18. The molecule has 1 saturated heterocycles. The normalized spacial score (nSPS) is 20.2. The first-order valence-corrected chi connectivity index (χ1v) is 7.11. The van der Waals surface area contributed by atoms with Crippen molar-refractivity contribution in [3.63, 3.8) is 0 Å². The maximum atomic E-state index is 13.5. The fraction of sp³-hybridized carbons (Fsp3) is 0.667. The van der Waals surface area contributed by atoms with E-state index in [1.807, 2.05) is 6.92 Å². The molecule has 1 aliphatic heterocycles. The van der Waals surface area contributed by atoms with Crippen LogP contribution in [0.25, 0.3) is 0 Å². The second-order valence-corrected chi connectivity index (χ2v) is 6.37. The van der Waals surface area contributed by atoms with Crippen molar-refractivity contribution in [3.05, 3.63) is 23.6 Å². The van der Waals surface area contributed by atoms with Gasteiger partial charge in [0.05, 0.1) is 18.9 Å². The number of hydrogen-bond acceptors (Lipinski definition) is 4.